The summed E-state index contributed by atoms with van der Waals surface area (Å²) in [6, 6.07) is 8.85. The zero-order valence-electron chi connectivity index (χ0n) is 12.5. The van der Waals surface area contributed by atoms with E-state index in [1.54, 1.807) is 0 Å². The zero-order chi connectivity index (χ0) is 14.7. The van der Waals surface area contributed by atoms with Gasteiger partial charge >= 0.3 is 0 Å². The maximum absolute atomic E-state index is 5.42. The number of benzene rings is 1. The largest absolute Gasteiger partial charge is 0.337 e. The number of rotatable bonds is 4. The number of thioether (sulfide) groups is 1. The van der Waals surface area contributed by atoms with Crippen molar-refractivity contribution in [3.63, 3.8) is 0 Å². The molecule has 1 atom stereocenters. The van der Waals surface area contributed by atoms with Crippen LogP contribution in [0.15, 0.2) is 28.8 Å². The van der Waals surface area contributed by atoms with Crippen molar-refractivity contribution >= 4 is 11.8 Å². The van der Waals surface area contributed by atoms with Crippen LogP contribution in [0.1, 0.15) is 37.3 Å². The first-order chi connectivity index (χ1) is 10.2. The summed E-state index contributed by atoms with van der Waals surface area (Å²) in [4.78, 5) is 4.53. The lowest BCUT2D eigenvalue weighted by Gasteiger charge is -2.24. The fourth-order valence-electron chi connectivity index (χ4n) is 2.52. The van der Waals surface area contributed by atoms with Crippen molar-refractivity contribution in [2.75, 3.05) is 11.5 Å². The van der Waals surface area contributed by atoms with Crippen LogP contribution in [0, 0.1) is 6.92 Å². The molecule has 112 valence electrons. The van der Waals surface area contributed by atoms with E-state index in [0.29, 0.717) is 17.8 Å². The molecule has 2 heterocycles. The van der Waals surface area contributed by atoms with Gasteiger partial charge in [0.1, 0.15) is 0 Å². The van der Waals surface area contributed by atoms with Crippen molar-refractivity contribution in [2.45, 2.75) is 38.8 Å². The molecule has 21 heavy (non-hydrogen) atoms. The van der Waals surface area contributed by atoms with Gasteiger partial charge in [-0.25, -0.2) is 0 Å². The Kier molecular flexibility index (Phi) is 4.60. The van der Waals surface area contributed by atoms with Gasteiger partial charge in [0.25, 0.3) is 0 Å². The van der Waals surface area contributed by atoms with Crippen LogP contribution < -0.4 is 5.32 Å². The Morgan fingerprint density at radius 3 is 2.67 bits per heavy atom. The second kappa shape index (κ2) is 6.62. The van der Waals surface area contributed by atoms with E-state index in [-0.39, 0.29) is 6.04 Å². The average molecular weight is 303 g/mol. The van der Waals surface area contributed by atoms with Crippen LogP contribution in [0.5, 0.6) is 0 Å². The lowest BCUT2D eigenvalue weighted by atomic mass is 10.1. The van der Waals surface area contributed by atoms with E-state index in [1.807, 2.05) is 23.9 Å². The molecule has 3 rings (SSSR count). The van der Waals surface area contributed by atoms with Gasteiger partial charge in [0.15, 0.2) is 0 Å². The minimum Gasteiger partial charge on any atom is -0.337 e. The maximum Gasteiger partial charge on any atom is 0.243 e. The molecule has 5 heteroatoms. The minimum atomic E-state index is 0.102. The van der Waals surface area contributed by atoms with Crippen LogP contribution >= 0.6 is 11.8 Å². The van der Waals surface area contributed by atoms with Crippen molar-refractivity contribution in [1.82, 2.24) is 15.5 Å². The molecule has 1 fully saturated rings. The lowest BCUT2D eigenvalue weighted by Crippen LogP contribution is -2.34. The SMILES string of the molecule is Cc1ccc(-c2noc([C@@H](C)NC3CCSCC3)n2)cc1. The summed E-state index contributed by atoms with van der Waals surface area (Å²) in [7, 11) is 0. The number of nitrogens with one attached hydrogen (secondary N) is 1. The molecule has 1 aromatic heterocycles. The van der Waals surface area contributed by atoms with Gasteiger partial charge in [0.2, 0.25) is 11.7 Å². The van der Waals surface area contributed by atoms with E-state index >= 15 is 0 Å². The van der Waals surface area contributed by atoms with Gasteiger partial charge in [-0.05, 0) is 38.2 Å². The molecule has 0 unspecified atom stereocenters. The Balaban J connectivity index is 1.67. The Morgan fingerprint density at radius 2 is 1.95 bits per heavy atom. The van der Waals surface area contributed by atoms with Crippen molar-refractivity contribution in [1.29, 1.82) is 0 Å². The summed E-state index contributed by atoms with van der Waals surface area (Å²) in [6.07, 6.45) is 2.43. The highest BCUT2D eigenvalue weighted by atomic mass is 32.2. The number of aryl methyl sites for hydroxylation is 1. The predicted molar refractivity (Wildman–Crippen MR) is 86.4 cm³/mol. The van der Waals surface area contributed by atoms with Crippen molar-refractivity contribution in [2.24, 2.45) is 0 Å². The van der Waals surface area contributed by atoms with Crippen LogP contribution in [0.4, 0.5) is 0 Å². The summed E-state index contributed by atoms with van der Waals surface area (Å²) in [6.45, 7) is 4.16. The standard InChI is InChI=1S/C16H21N3OS/c1-11-3-5-13(6-4-11)15-18-16(20-19-15)12(2)17-14-7-9-21-10-8-14/h3-6,12,14,17H,7-10H2,1-2H3/t12-/m1/s1. The van der Waals surface area contributed by atoms with Crippen LogP contribution in [-0.4, -0.2) is 27.7 Å². The molecule has 1 aliphatic rings. The first-order valence-electron chi connectivity index (χ1n) is 7.47. The van der Waals surface area contributed by atoms with E-state index in [2.05, 4.69) is 41.4 Å². The lowest BCUT2D eigenvalue weighted by molar-refractivity contribution is 0.317. The third-order valence-electron chi connectivity index (χ3n) is 3.83. The van der Waals surface area contributed by atoms with Crippen molar-refractivity contribution in [3.05, 3.63) is 35.7 Å². The molecule has 1 saturated heterocycles. The molecule has 1 N–H and O–H groups in total. The van der Waals surface area contributed by atoms with Gasteiger partial charge in [-0.15, -0.1) is 0 Å². The summed E-state index contributed by atoms with van der Waals surface area (Å²) in [5, 5.41) is 7.70. The van der Waals surface area contributed by atoms with Crippen LogP contribution in [0.25, 0.3) is 11.4 Å². The quantitative estimate of drug-likeness (QED) is 0.935. The summed E-state index contributed by atoms with van der Waals surface area (Å²) < 4.78 is 5.42. The summed E-state index contributed by atoms with van der Waals surface area (Å²) >= 11 is 2.03. The van der Waals surface area contributed by atoms with E-state index in [1.165, 1.54) is 29.9 Å². The minimum absolute atomic E-state index is 0.102. The van der Waals surface area contributed by atoms with E-state index in [9.17, 15) is 0 Å². The molecule has 1 aliphatic heterocycles. The number of aromatic nitrogens is 2. The molecule has 0 bridgehead atoms. The number of hydrogen-bond acceptors (Lipinski definition) is 5. The fourth-order valence-corrected chi connectivity index (χ4v) is 3.63. The predicted octanol–water partition coefficient (Wildman–Crippen LogP) is 3.59. The highest BCUT2D eigenvalue weighted by molar-refractivity contribution is 7.99. The molecule has 0 spiro atoms. The number of hydrogen-bond donors (Lipinski definition) is 1. The smallest absolute Gasteiger partial charge is 0.243 e. The second-order valence-corrected chi connectivity index (χ2v) is 6.82. The maximum atomic E-state index is 5.42. The molecule has 2 aromatic rings. The van der Waals surface area contributed by atoms with Crippen LogP contribution in [-0.2, 0) is 0 Å². The Hall–Kier alpha value is -1.33. The molecule has 0 aliphatic carbocycles. The van der Waals surface area contributed by atoms with Crippen LogP contribution in [0.2, 0.25) is 0 Å². The normalized spacial score (nSPS) is 17.8. The fraction of sp³-hybridized carbons (Fsp3) is 0.500. The van der Waals surface area contributed by atoms with E-state index in [4.69, 9.17) is 4.52 Å². The Bertz CT molecular complexity index is 575. The second-order valence-electron chi connectivity index (χ2n) is 5.60. The third kappa shape index (κ3) is 3.66. The van der Waals surface area contributed by atoms with Gasteiger partial charge in [-0.1, -0.05) is 35.0 Å². The summed E-state index contributed by atoms with van der Waals surface area (Å²) in [5.41, 5.74) is 2.23. The first kappa shape index (κ1) is 14.6. The van der Waals surface area contributed by atoms with E-state index in [0.717, 1.165) is 5.56 Å². The topological polar surface area (TPSA) is 51.0 Å². The molecule has 0 saturated carbocycles. The third-order valence-corrected chi connectivity index (χ3v) is 4.88. The Morgan fingerprint density at radius 1 is 1.24 bits per heavy atom. The van der Waals surface area contributed by atoms with Gasteiger partial charge < -0.3 is 9.84 Å². The van der Waals surface area contributed by atoms with Gasteiger partial charge in [-0.2, -0.15) is 16.7 Å². The van der Waals surface area contributed by atoms with Crippen molar-refractivity contribution < 1.29 is 4.52 Å². The average Bonchev–Trinajstić information content (AvgIpc) is 2.99. The molecular weight excluding hydrogens is 282 g/mol. The molecule has 1 aromatic carbocycles. The monoisotopic (exact) mass is 303 g/mol. The van der Waals surface area contributed by atoms with Gasteiger partial charge in [-0.3, -0.25) is 0 Å². The van der Waals surface area contributed by atoms with E-state index < -0.39 is 0 Å². The van der Waals surface area contributed by atoms with Crippen LogP contribution in [0.3, 0.4) is 0 Å². The molecule has 0 radical (unpaired) electrons. The first-order valence-corrected chi connectivity index (χ1v) is 8.62. The molecule has 0 amide bonds. The number of nitrogens with zero attached hydrogens (tertiary/aromatic N) is 2. The zero-order valence-corrected chi connectivity index (χ0v) is 13.3. The van der Waals surface area contributed by atoms with Crippen molar-refractivity contribution in [3.8, 4) is 11.4 Å². The highest BCUT2D eigenvalue weighted by Gasteiger charge is 2.20. The highest BCUT2D eigenvalue weighted by Crippen LogP contribution is 2.22. The van der Waals surface area contributed by atoms with Gasteiger partial charge in [0.05, 0.1) is 6.04 Å². The Labute approximate surface area is 129 Å². The summed E-state index contributed by atoms with van der Waals surface area (Å²) in [5.74, 6) is 3.81. The van der Waals surface area contributed by atoms with Gasteiger partial charge in [0, 0.05) is 11.6 Å². The molecule has 4 nitrogen and oxygen atoms in total. The molecular formula is C16H21N3OS.